The first-order valence-electron chi connectivity index (χ1n) is 10.2. The number of para-hydroxylation sites is 1. The molecule has 4 rings (SSSR count). The van der Waals surface area contributed by atoms with Gasteiger partial charge in [-0.15, -0.1) is 0 Å². The zero-order valence-corrected chi connectivity index (χ0v) is 18.5. The molecule has 1 aromatic carbocycles. The Labute approximate surface area is 187 Å². The van der Waals surface area contributed by atoms with Crippen molar-refractivity contribution in [1.82, 2.24) is 14.6 Å². The van der Waals surface area contributed by atoms with Gasteiger partial charge < -0.3 is 14.4 Å². The minimum Gasteiger partial charge on any atom is -0.413 e. The van der Waals surface area contributed by atoms with Gasteiger partial charge in [-0.25, -0.2) is 14.4 Å². The molecular weight excluding hydrogens is 455 g/mol. The van der Waals surface area contributed by atoms with Gasteiger partial charge >= 0.3 is 13.4 Å². The second-order valence-corrected chi connectivity index (χ2v) is 9.70. The largest absolute Gasteiger partial charge is 0.459 e. The van der Waals surface area contributed by atoms with Gasteiger partial charge in [0.15, 0.2) is 6.23 Å². The number of hydrogen-bond donors (Lipinski definition) is 3. The second kappa shape index (κ2) is 9.14. The van der Waals surface area contributed by atoms with E-state index in [2.05, 4.69) is 20.1 Å². The van der Waals surface area contributed by atoms with Gasteiger partial charge in [0.1, 0.15) is 17.4 Å². The van der Waals surface area contributed by atoms with Crippen molar-refractivity contribution in [1.29, 1.82) is 0 Å². The Kier molecular flexibility index (Phi) is 6.44. The Morgan fingerprint density at radius 2 is 2.09 bits per heavy atom. The summed E-state index contributed by atoms with van der Waals surface area (Å²) < 4.78 is 31.4. The molecular formula is C19H23N6O7P. The standard InChI is InChI=1S/C19H23N6O7P/c1-19(23-24-20)16(27)14(31-17(19)25-10-9-15(26)21-18(25)28)11-30-33(29,22-12-7-8-12)32-13-5-3-2-4-6-13/h2-6,9-10,12,14,16-17,27H,7-8,11H2,1H3,(H,22,29)(H,21,26,28)/t14-,16-,17-,19-,33?/m1/s1. The predicted octanol–water partition coefficient (Wildman–Crippen LogP) is 1.82. The third-order valence-electron chi connectivity index (χ3n) is 5.41. The molecule has 1 aliphatic heterocycles. The van der Waals surface area contributed by atoms with Crippen molar-refractivity contribution in [2.24, 2.45) is 5.11 Å². The van der Waals surface area contributed by atoms with E-state index in [0.717, 1.165) is 23.5 Å². The molecule has 1 aliphatic carbocycles. The minimum absolute atomic E-state index is 0.0186. The molecule has 1 unspecified atom stereocenters. The van der Waals surface area contributed by atoms with Crippen molar-refractivity contribution < 1.29 is 23.5 Å². The van der Waals surface area contributed by atoms with Crippen LogP contribution in [0.2, 0.25) is 0 Å². The molecule has 2 fully saturated rings. The zero-order chi connectivity index (χ0) is 23.6. The maximum atomic E-state index is 13.4. The van der Waals surface area contributed by atoms with Gasteiger partial charge in [0.25, 0.3) is 5.56 Å². The van der Waals surface area contributed by atoms with E-state index in [4.69, 9.17) is 19.3 Å². The van der Waals surface area contributed by atoms with Crippen LogP contribution in [-0.2, 0) is 13.8 Å². The number of aromatic amines is 1. The molecule has 33 heavy (non-hydrogen) atoms. The first-order chi connectivity index (χ1) is 15.7. The molecule has 3 N–H and O–H groups in total. The second-order valence-electron chi connectivity index (χ2n) is 8.01. The van der Waals surface area contributed by atoms with E-state index in [1.165, 1.54) is 13.1 Å². The van der Waals surface area contributed by atoms with Crippen LogP contribution in [-0.4, -0.2) is 45.1 Å². The van der Waals surface area contributed by atoms with E-state index in [1.54, 1.807) is 30.3 Å². The highest BCUT2D eigenvalue weighted by Gasteiger charge is 2.55. The van der Waals surface area contributed by atoms with Crippen molar-refractivity contribution in [2.45, 2.75) is 49.8 Å². The molecule has 5 atom stereocenters. The minimum atomic E-state index is -3.84. The maximum absolute atomic E-state index is 13.4. The molecule has 0 spiro atoms. The average Bonchev–Trinajstić information content (AvgIpc) is 3.54. The molecule has 2 aromatic rings. The number of rotatable bonds is 9. The molecule has 14 heteroatoms. The summed E-state index contributed by atoms with van der Waals surface area (Å²) in [7, 11) is -3.84. The lowest BCUT2D eigenvalue weighted by molar-refractivity contribution is -0.0456. The van der Waals surface area contributed by atoms with Crippen LogP contribution in [0.3, 0.4) is 0 Å². The highest BCUT2D eigenvalue weighted by atomic mass is 31.2. The van der Waals surface area contributed by atoms with Crippen LogP contribution in [0, 0.1) is 0 Å². The summed E-state index contributed by atoms with van der Waals surface area (Å²) in [6.45, 7) is 1.01. The smallest absolute Gasteiger partial charge is 0.413 e. The number of aliphatic hydroxyl groups is 1. The van der Waals surface area contributed by atoms with E-state index in [0.29, 0.717) is 5.75 Å². The highest BCUT2D eigenvalue weighted by Crippen LogP contribution is 2.49. The SMILES string of the molecule is C[C@@]1(N=[N+]=[N-])[C@H](O)[C@@H](COP(=O)(NC2CC2)Oc2ccccc2)O[C@H]1n1ccc(=O)[nH]c1=O. The van der Waals surface area contributed by atoms with Gasteiger partial charge in [-0.3, -0.25) is 18.9 Å². The zero-order valence-electron chi connectivity index (χ0n) is 17.6. The lowest BCUT2D eigenvalue weighted by atomic mass is 9.93. The van der Waals surface area contributed by atoms with Crippen molar-refractivity contribution in [3.05, 3.63) is 73.9 Å². The van der Waals surface area contributed by atoms with E-state index in [-0.39, 0.29) is 6.04 Å². The van der Waals surface area contributed by atoms with Gasteiger partial charge in [-0.2, -0.15) is 0 Å². The van der Waals surface area contributed by atoms with Crippen LogP contribution in [0.15, 0.2) is 57.3 Å². The summed E-state index contributed by atoms with van der Waals surface area (Å²) in [5.41, 5.74) is 5.99. The van der Waals surface area contributed by atoms with Crippen LogP contribution < -0.4 is 20.9 Å². The Morgan fingerprint density at radius 1 is 1.36 bits per heavy atom. The molecule has 13 nitrogen and oxygen atoms in total. The number of nitrogens with zero attached hydrogens (tertiary/aromatic N) is 4. The fraction of sp³-hybridized carbons (Fsp3) is 0.474. The Balaban J connectivity index is 1.56. The summed E-state index contributed by atoms with van der Waals surface area (Å²) in [6, 6.07) is 9.56. The van der Waals surface area contributed by atoms with Crippen molar-refractivity contribution in [3.63, 3.8) is 0 Å². The third kappa shape index (κ3) is 5.03. The molecule has 0 bridgehead atoms. The van der Waals surface area contributed by atoms with E-state index in [9.17, 15) is 19.3 Å². The molecule has 2 heterocycles. The predicted molar refractivity (Wildman–Crippen MR) is 116 cm³/mol. The molecule has 0 radical (unpaired) electrons. The number of nitrogens with one attached hydrogen (secondary N) is 2. The van der Waals surface area contributed by atoms with Gasteiger partial charge in [0.05, 0.1) is 12.7 Å². The molecule has 176 valence electrons. The summed E-state index contributed by atoms with van der Waals surface area (Å²) in [4.78, 5) is 28.6. The quantitative estimate of drug-likeness (QED) is 0.211. The number of benzene rings is 1. The summed E-state index contributed by atoms with van der Waals surface area (Å²) in [5.74, 6) is 0.332. The summed E-state index contributed by atoms with van der Waals surface area (Å²) >= 11 is 0. The van der Waals surface area contributed by atoms with Gasteiger partial charge in [0.2, 0.25) is 0 Å². The summed E-state index contributed by atoms with van der Waals surface area (Å²) in [6.07, 6.45) is -1.00. The number of aromatic nitrogens is 2. The van der Waals surface area contributed by atoms with Crippen molar-refractivity contribution >= 4 is 7.75 Å². The third-order valence-corrected chi connectivity index (χ3v) is 7.04. The first kappa shape index (κ1) is 23.2. The Bertz CT molecular complexity index is 1210. The Morgan fingerprint density at radius 3 is 2.73 bits per heavy atom. The maximum Gasteiger partial charge on any atom is 0.459 e. The van der Waals surface area contributed by atoms with Crippen LogP contribution in [0.25, 0.3) is 10.4 Å². The number of H-pyrrole nitrogens is 1. The van der Waals surface area contributed by atoms with Crippen molar-refractivity contribution in [3.8, 4) is 5.75 Å². The summed E-state index contributed by atoms with van der Waals surface area (Å²) in [5, 5.41) is 17.4. The topological polar surface area (TPSA) is 181 Å². The fourth-order valence-corrected chi connectivity index (χ4v) is 5.14. The van der Waals surface area contributed by atoms with E-state index in [1.807, 2.05) is 0 Å². The number of ether oxygens (including phenoxy) is 1. The Hall–Kier alpha value is -2.92. The number of hydrogen-bond acceptors (Lipinski definition) is 8. The van der Waals surface area contributed by atoms with Crippen LogP contribution in [0.4, 0.5) is 0 Å². The van der Waals surface area contributed by atoms with Crippen LogP contribution >= 0.6 is 7.75 Å². The fourth-order valence-electron chi connectivity index (χ4n) is 3.51. The normalized spacial score (nSPS) is 28.6. The molecule has 2 aliphatic rings. The monoisotopic (exact) mass is 478 g/mol. The van der Waals surface area contributed by atoms with Crippen LogP contribution in [0.5, 0.6) is 5.75 Å². The molecule has 1 saturated carbocycles. The number of azide groups is 1. The van der Waals surface area contributed by atoms with E-state index >= 15 is 0 Å². The van der Waals surface area contributed by atoms with Gasteiger partial charge in [-0.05, 0) is 37.4 Å². The number of aliphatic hydroxyl groups excluding tert-OH is 1. The lowest BCUT2D eigenvalue weighted by Gasteiger charge is -2.28. The van der Waals surface area contributed by atoms with Crippen LogP contribution in [0.1, 0.15) is 26.0 Å². The molecule has 1 saturated heterocycles. The lowest BCUT2D eigenvalue weighted by Crippen LogP contribution is -2.45. The van der Waals surface area contributed by atoms with Gasteiger partial charge in [-0.1, -0.05) is 23.3 Å². The average molecular weight is 478 g/mol. The van der Waals surface area contributed by atoms with E-state index < -0.39 is 49.6 Å². The highest BCUT2D eigenvalue weighted by molar-refractivity contribution is 7.52. The first-order valence-corrected chi connectivity index (χ1v) is 11.8. The molecule has 1 aromatic heterocycles. The molecule has 0 amide bonds. The van der Waals surface area contributed by atoms with Crippen molar-refractivity contribution in [2.75, 3.05) is 6.61 Å². The van der Waals surface area contributed by atoms with Gasteiger partial charge in [0, 0.05) is 23.2 Å².